The van der Waals surface area contributed by atoms with Crippen LogP contribution in [0, 0.1) is 13.8 Å². The van der Waals surface area contributed by atoms with E-state index in [-0.39, 0.29) is 11.9 Å². The fourth-order valence-electron chi connectivity index (χ4n) is 3.96. The van der Waals surface area contributed by atoms with Gasteiger partial charge in [0.2, 0.25) is 5.91 Å². The van der Waals surface area contributed by atoms with E-state index in [1.807, 2.05) is 62.4 Å². The number of aryl methyl sites for hydroxylation is 2. The highest BCUT2D eigenvalue weighted by molar-refractivity contribution is 7.20. The number of rotatable bonds is 7. The van der Waals surface area contributed by atoms with Gasteiger partial charge in [-0.25, -0.2) is 9.78 Å². The zero-order chi connectivity index (χ0) is 24.9. The van der Waals surface area contributed by atoms with Gasteiger partial charge in [-0.1, -0.05) is 37.6 Å². The van der Waals surface area contributed by atoms with Crippen LogP contribution in [0.1, 0.15) is 36.6 Å². The van der Waals surface area contributed by atoms with E-state index < -0.39 is 0 Å². The van der Waals surface area contributed by atoms with Crippen molar-refractivity contribution in [3.05, 3.63) is 65.2 Å². The van der Waals surface area contributed by atoms with Gasteiger partial charge >= 0.3 is 6.03 Å². The predicted molar refractivity (Wildman–Crippen MR) is 146 cm³/mol. The Labute approximate surface area is 208 Å². The van der Waals surface area contributed by atoms with Crippen molar-refractivity contribution in [1.82, 2.24) is 4.98 Å². The van der Waals surface area contributed by atoms with Crippen molar-refractivity contribution in [3.8, 4) is 11.1 Å². The lowest BCUT2D eigenvalue weighted by Crippen LogP contribution is -2.19. The number of anilines is 4. The molecule has 4 rings (SSSR count). The molecule has 0 unspecified atom stereocenters. The molecule has 2 aromatic carbocycles. The van der Waals surface area contributed by atoms with Crippen LogP contribution in [0.15, 0.2) is 54.7 Å². The number of nitrogens with two attached hydrogens (primary N) is 1. The molecule has 0 aliphatic carbocycles. The van der Waals surface area contributed by atoms with Crippen molar-refractivity contribution >= 4 is 56.2 Å². The first-order valence-electron chi connectivity index (χ1n) is 11.6. The maximum absolute atomic E-state index is 12.4. The average Bonchev–Trinajstić information content (AvgIpc) is 3.18. The Hall–Kier alpha value is -3.91. The summed E-state index contributed by atoms with van der Waals surface area (Å²) in [7, 11) is 0. The molecule has 0 aliphatic rings. The minimum Gasteiger partial charge on any atom is -0.383 e. The molecule has 8 heteroatoms. The SMILES string of the molecule is CCCCC(=O)Nc1cnc(N)c2c(-c3ccc(NC(=O)Nc4cccc(C)c4)cc3)c(C)sc12. The third-order valence-corrected chi connectivity index (χ3v) is 6.80. The number of hydrogen-bond acceptors (Lipinski definition) is 5. The largest absolute Gasteiger partial charge is 0.383 e. The van der Waals surface area contributed by atoms with Crippen molar-refractivity contribution in [2.24, 2.45) is 0 Å². The number of carbonyl (C=O) groups is 2. The van der Waals surface area contributed by atoms with Gasteiger partial charge in [-0.15, -0.1) is 11.3 Å². The van der Waals surface area contributed by atoms with Gasteiger partial charge < -0.3 is 21.7 Å². The second-order valence-corrected chi connectivity index (χ2v) is 9.70. The van der Waals surface area contributed by atoms with Crippen LogP contribution in [-0.4, -0.2) is 16.9 Å². The molecule has 5 N–H and O–H groups in total. The van der Waals surface area contributed by atoms with Crippen LogP contribution >= 0.6 is 11.3 Å². The maximum atomic E-state index is 12.4. The predicted octanol–water partition coefficient (Wildman–Crippen LogP) is 6.94. The van der Waals surface area contributed by atoms with Crippen LogP contribution in [-0.2, 0) is 4.79 Å². The van der Waals surface area contributed by atoms with Crippen LogP contribution in [0.4, 0.5) is 27.7 Å². The molecule has 4 aromatic rings. The second-order valence-electron chi connectivity index (χ2n) is 8.47. The molecule has 0 bridgehead atoms. The summed E-state index contributed by atoms with van der Waals surface area (Å²) in [6.45, 7) is 6.07. The van der Waals surface area contributed by atoms with Gasteiger partial charge in [-0.3, -0.25) is 4.79 Å². The van der Waals surface area contributed by atoms with Crippen LogP contribution in [0.3, 0.4) is 0 Å². The van der Waals surface area contributed by atoms with Crippen LogP contribution in [0.25, 0.3) is 21.2 Å². The summed E-state index contributed by atoms with van der Waals surface area (Å²) in [4.78, 5) is 30.1. The van der Waals surface area contributed by atoms with Gasteiger partial charge in [0.25, 0.3) is 0 Å². The van der Waals surface area contributed by atoms with Crippen LogP contribution in [0.2, 0.25) is 0 Å². The molecule has 0 radical (unpaired) electrons. The number of fused-ring (bicyclic) bond motifs is 1. The molecule has 2 heterocycles. The molecule has 0 fully saturated rings. The first-order chi connectivity index (χ1) is 16.9. The first-order valence-corrected chi connectivity index (χ1v) is 12.4. The van der Waals surface area contributed by atoms with Crippen molar-refractivity contribution in [1.29, 1.82) is 0 Å². The molecular weight excluding hydrogens is 458 g/mol. The number of aromatic nitrogens is 1. The Morgan fingerprint density at radius 1 is 1.00 bits per heavy atom. The number of nitrogens with one attached hydrogen (secondary N) is 3. The Kier molecular flexibility index (Phi) is 7.31. The van der Waals surface area contributed by atoms with E-state index in [1.54, 1.807) is 17.5 Å². The van der Waals surface area contributed by atoms with E-state index in [1.165, 1.54) is 0 Å². The number of carbonyl (C=O) groups excluding carboxylic acids is 2. The van der Waals surface area contributed by atoms with Gasteiger partial charge in [0, 0.05) is 33.6 Å². The van der Waals surface area contributed by atoms with E-state index in [0.29, 0.717) is 23.6 Å². The molecular formula is C27H29N5O2S. The number of hydrogen-bond donors (Lipinski definition) is 4. The number of unbranched alkanes of at least 4 members (excludes halogenated alkanes) is 1. The number of benzene rings is 2. The van der Waals surface area contributed by atoms with Crippen molar-refractivity contribution < 1.29 is 9.59 Å². The highest BCUT2D eigenvalue weighted by atomic mass is 32.1. The lowest BCUT2D eigenvalue weighted by Gasteiger charge is -2.10. The number of pyridine rings is 1. The first kappa shape index (κ1) is 24.2. The molecule has 2 aromatic heterocycles. The Bertz CT molecular complexity index is 1380. The summed E-state index contributed by atoms with van der Waals surface area (Å²) in [5, 5.41) is 9.53. The average molecular weight is 488 g/mol. The second kappa shape index (κ2) is 10.6. The number of thiophene rings is 1. The number of nitrogens with zero attached hydrogens (tertiary/aromatic N) is 1. The normalized spacial score (nSPS) is 10.8. The third kappa shape index (κ3) is 5.60. The smallest absolute Gasteiger partial charge is 0.323 e. The quantitative estimate of drug-likeness (QED) is 0.226. The van der Waals surface area contributed by atoms with Crippen molar-refractivity contribution in [2.45, 2.75) is 40.0 Å². The maximum Gasteiger partial charge on any atom is 0.323 e. The molecule has 0 aliphatic heterocycles. The van der Waals surface area contributed by atoms with Crippen molar-refractivity contribution in [3.63, 3.8) is 0 Å². The molecule has 7 nitrogen and oxygen atoms in total. The highest BCUT2D eigenvalue weighted by Crippen LogP contribution is 2.43. The zero-order valence-electron chi connectivity index (χ0n) is 20.1. The third-order valence-electron chi connectivity index (χ3n) is 5.66. The Morgan fingerprint density at radius 3 is 2.46 bits per heavy atom. The Balaban J connectivity index is 1.56. The standard InChI is InChI=1S/C27H29N5O2S/c1-4-5-9-22(33)32-21-15-29-26(28)24-23(17(3)35-25(21)24)18-10-12-19(13-11-18)30-27(34)31-20-8-6-7-16(2)14-20/h6-8,10-15H,4-5,9H2,1-3H3,(H2,28,29)(H,32,33)(H2,30,31,34). The topological polar surface area (TPSA) is 109 Å². The number of urea groups is 1. The van der Waals surface area contributed by atoms with E-state index in [2.05, 4.69) is 27.9 Å². The minimum atomic E-state index is -0.308. The van der Waals surface area contributed by atoms with Gasteiger partial charge in [0.15, 0.2) is 0 Å². The molecule has 3 amide bonds. The molecule has 180 valence electrons. The molecule has 0 saturated heterocycles. The van der Waals surface area contributed by atoms with Gasteiger partial charge in [-0.05, 0) is 55.7 Å². The minimum absolute atomic E-state index is 0.0216. The van der Waals surface area contributed by atoms with Crippen molar-refractivity contribution in [2.75, 3.05) is 21.7 Å². The summed E-state index contributed by atoms with van der Waals surface area (Å²) in [5.74, 6) is 0.400. The van der Waals surface area contributed by atoms with E-state index >= 15 is 0 Å². The van der Waals surface area contributed by atoms with E-state index in [9.17, 15) is 9.59 Å². The molecule has 0 atom stereocenters. The summed E-state index contributed by atoms with van der Waals surface area (Å²) in [6.07, 6.45) is 3.91. The monoisotopic (exact) mass is 487 g/mol. The number of amides is 3. The van der Waals surface area contributed by atoms with Crippen LogP contribution < -0.4 is 21.7 Å². The van der Waals surface area contributed by atoms with Gasteiger partial charge in [-0.2, -0.15) is 0 Å². The highest BCUT2D eigenvalue weighted by Gasteiger charge is 2.18. The summed E-state index contributed by atoms with van der Waals surface area (Å²) < 4.78 is 0.912. The number of nitrogen functional groups attached to an aromatic ring is 1. The lowest BCUT2D eigenvalue weighted by atomic mass is 10.0. The van der Waals surface area contributed by atoms with E-state index in [0.717, 1.165) is 50.2 Å². The molecule has 35 heavy (non-hydrogen) atoms. The summed E-state index contributed by atoms with van der Waals surface area (Å²) in [5.41, 5.74) is 11.4. The molecule has 0 spiro atoms. The van der Waals surface area contributed by atoms with Gasteiger partial charge in [0.1, 0.15) is 5.82 Å². The molecule has 0 saturated carbocycles. The van der Waals surface area contributed by atoms with Crippen LogP contribution in [0.5, 0.6) is 0 Å². The lowest BCUT2D eigenvalue weighted by molar-refractivity contribution is -0.116. The summed E-state index contributed by atoms with van der Waals surface area (Å²) in [6, 6.07) is 14.9. The summed E-state index contributed by atoms with van der Waals surface area (Å²) >= 11 is 1.58. The zero-order valence-corrected chi connectivity index (χ0v) is 20.9. The van der Waals surface area contributed by atoms with E-state index in [4.69, 9.17) is 5.73 Å². The fraction of sp³-hybridized carbons (Fsp3) is 0.222. The Morgan fingerprint density at radius 2 is 1.74 bits per heavy atom. The fourth-order valence-corrected chi connectivity index (χ4v) is 5.11. The van der Waals surface area contributed by atoms with Gasteiger partial charge in [0.05, 0.1) is 16.6 Å².